The van der Waals surface area contributed by atoms with Crippen LogP contribution in [0.25, 0.3) is 5.69 Å². The van der Waals surface area contributed by atoms with Gasteiger partial charge < -0.3 is 0 Å². The highest BCUT2D eigenvalue weighted by Gasteiger charge is 2.13. The average molecular weight is 397 g/mol. The van der Waals surface area contributed by atoms with E-state index in [-0.39, 0.29) is 11.3 Å². The molecular formula is C18H15N5O4S. The fraction of sp³-hybridized carbons (Fsp3) is 0.0556. The quantitative estimate of drug-likeness (QED) is 0.388. The van der Waals surface area contributed by atoms with Gasteiger partial charge in [0.25, 0.3) is 17.5 Å². The summed E-state index contributed by atoms with van der Waals surface area (Å²) in [4.78, 5) is 38.7. The minimum absolute atomic E-state index is 0.0644. The molecule has 1 heterocycles. The van der Waals surface area contributed by atoms with E-state index in [1.54, 1.807) is 30.5 Å². The summed E-state index contributed by atoms with van der Waals surface area (Å²) in [6.07, 6.45) is 5.43. The zero-order chi connectivity index (χ0) is 20.1. The molecule has 0 aliphatic rings. The lowest BCUT2D eigenvalue weighted by Crippen LogP contribution is -2.41. The third-order valence-electron chi connectivity index (χ3n) is 3.81. The van der Waals surface area contributed by atoms with Crippen LogP contribution < -0.4 is 10.9 Å². The smallest absolute Gasteiger partial charge is 0.270 e. The van der Waals surface area contributed by atoms with E-state index in [9.17, 15) is 19.7 Å². The van der Waals surface area contributed by atoms with Gasteiger partial charge in [-0.25, -0.2) is 4.98 Å². The summed E-state index contributed by atoms with van der Waals surface area (Å²) in [6, 6.07) is 12.0. The number of non-ortho nitro benzene ring substituents is 1. The van der Waals surface area contributed by atoms with Crippen LogP contribution in [0.2, 0.25) is 0 Å². The Hall–Kier alpha value is -3.66. The Balaban J connectivity index is 1.64. The number of amides is 2. The first-order chi connectivity index (χ1) is 13.5. The summed E-state index contributed by atoms with van der Waals surface area (Å²) >= 11 is 1.50. The van der Waals surface area contributed by atoms with Gasteiger partial charge in [-0.1, -0.05) is 17.8 Å². The average Bonchev–Trinajstić information content (AvgIpc) is 3.20. The molecule has 1 aromatic heterocycles. The molecule has 0 saturated heterocycles. The molecule has 9 nitrogen and oxygen atoms in total. The number of hydrogen-bond acceptors (Lipinski definition) is 6. The van der Waals surface area contributed by atoms with E-state index in [0.717, 1.165) is 16.9 Å². The molecule has 0 spiro atoms. The number of carbonyl (C=O) groups excluding carboxylic acids is 2. The molecular weight excluding hydrogens is 382 g/mol. The maximum Gasteiger partial charge on any atom is 0.270 e. The highest BCUT2D eigenvalue weighted by molar-refractivity contribution is 7.98. The van der Waals surface area contributed by atoms with E-state index >= 15 is 0 Å². The second-order valence-electron chi connectivity index (χ2n) is 5.55. The van der Waals surface area contributed by atoms with Gasteiger partial charge in [0.1, 0.15) is 0 Å². The first kappa shape index (κ1) is 19.1. The van der Waals surface area contributed by atoms with Gasteiger partial charge >= 0.3 is 0 Å². The second kappa shape index (κ2) is 8.35. The predicted octanol–water partition coefficient (Wildman–Crippen LogP) is 2.58. The van der Waals surface area contributed by atoms with E-state index in [0.29, 0.717) is 5.56 Å². The standard InChI is InChI=1S/C18H15N5O4S/c1-28-18-19-9-10-22(18)14-7-5-12(6-8-14)16(24)20-21-17(25)13-3-2-4-15(11-13)23(26)27/h2-11H,1H3,(H,20,24)(H,21,25). The fourth-order valence-corrected chi connectivity index (χ4v) is 2.96. The Kier molecular flexibility index (Phi) is 5.70. The van der Waals surface area contributed by atoms with Crippen LogP contribution in [0.1, 0.15) is 20.7 Å². The minimum atomic E-state index is -0.656. The van der Waals surface area contributed by atoms with E-state index in [2.05, 4.69) is 15.8 Å². The molecule has 0 aliphatic heterocycles. The third kappa shape index (κ3) is 4.18. The van der Waals surface area contributed by atoms with Crippen LogP contribution in [0.3, 0.4) is 0 Å². The van der Waals surface area contributed by atoms with Crippen LogP contribution in [0.5, 0.6) is 0 Å². The molecule has 0 atom stereocenters. The molecule has 142 valence electrons. The molecule has 0 unspecified atom stereocenters. The molecule has 2 N–H and O–H groups in total. The molecule has 10 heteroatoms. The first-order valence-corrected chi connectivity index (χ1v) is 9.25. The highest BCUT2D eigenvalue weighted by atomic mass is 32.2. The number of hydrogen-bond donors (Lipinski definition) is 2. The Bertz CT molecular complexity index is 1030. The number of nitro benzene ring substituents is 1. The maximum absolute atomic E-state index is 12.2. The zero-order valence-electron chi connectivity index (χ0n) is 14.7. The van der Waals surface area contributed by atoms with Crippen LogP contribution in [0.4, 0.5) is 5.69 Å². The summed E-state index contributed by atoms with van der Waals surface area (Å²) in [5.41, 5.74) is 5.58. The molecule has 0 saturated carbocycles. The summed E-state index contributed by atoms with van der Waals surface area (Å²) in [5.74, 6) is -1.17. The second-order valence-corrected chi connectivity index (χ2v) is 6.32. The molecule has 0 fully saturated rings. The molecule has 2 aromatic carbocycles. The summed E-state index contributed by atoms with van der Waals surface area (Å²) in [5, 5.41) is 11.6. The lowest BCUT2D eigenvalue weighted by atomic mass is 10.2. The fourth-order valence-electron chi connectivity index (χ4n) is 2.43. The number of nitro groups is 1. The number of carbonyl (C=O) groups is 2. The van der Waals surface area contributed by atoms with E-state index < -0.39 is 16.7 Å². The normalized spacial score (nSPS) is 10.3. The van der Waals surface area contributed by atoms with Crippen LogP contribution >= 0.6 is 11.8 Å². The van der Waals surface area contributed by atoms with Gasteiger partial charge in [0.2, 0.25) is 0 Å². The van der Waals surface area contributed by atoms with Gasteiger partial charge in [-0.3, -0.25) is 35.1 Å². The van der Waals surface area contributed by atoms with Gasteiger partial charge in [0.05, 0.1) is 4.92 Å². The Morgan fingerprint density at radius 1 is 1.07 bits per heavy atom. The maximum atomic E-state index is 12.2. The van der Waals surface area contributed by atoms with Gasteiger partial charge in [0, 0.05) is 41.3 Å². The lowest BCUT2D eigenvalue weighted by Gasteiger charge is -2.09. The Morgan fingerprint density at radius 3 is 2.39 bits per heavy atom. The SMILES string of the molecule is CSc1nccn1-c1ccc(C(=O)NNC(=O)c2cccc([N+](=O)[O-])c2)cc1. The van der Waals surface area contributed by atoms with Gasteiger partial charge in [-0.2, -0.15) is 0 Å². The van der Waals surface area contributed by atoms with Gasteiger partial charge in [-0.05, 0) is 36.6 Å². The molecule has 28 heavy (non-hydrogen) atoms. The number of benzene rings is 2. The van der Waals surface area contributed by atoms with Crippen LogP contribution in [0.15, 0.2) is 66.1 Å². The largest absolute Gasteiger partial charge is 0.295 e. The zero-order valence-corrected chi connectivity index (χ0v) is 15.5. The Morgan fingerprint density at radius 2 is 1.75 bits per heavy atom. The molecule has 3 aromatic rings. The number of nitrogens with one attached hydrogen (secondary N) is 2. The van der Waals surface area contributed by atoms with Crippen molar-refractivity contribution in [3.63, 3.8) is 0 Å². The number of thioether (sulfide) groups is 1. The van der Waals surface area contributed by atoms with E-state index in [1.807, 2.05) is 17.0 Å². The number of nitrogens with zero attached hydrogens (tertiary/aromatic N) is 3. The molecule has 3 rings (SSSR count). The van der Waals surface area contributed by atoms with Crippen molar-refractivity contribution in [1.29, 1.82) is 0 Å². The van der Waals surface area contributed by atoms with E-state index in [1.165, 1.54) is 30.0 Å². The Labute approximate surface area is 163 Å². The van der Waals surface area contributed by atoms with Crippen LogP contribution in [-0.4, -0.2) is 32.5 Å². The summed E-state index contributed by atoms with van der Waals surface area (Å²) in [6.45, 7) is 0. The van der Waals surface area contributed by atoms with Crippen molar-refractivity contribution >= 4 is 29.3 Å². The number of rotatable bonds is 5. The monoisotopic (exact) mass is 397 g/mol. The summed E-state index contributed by atoms with van der Waals surface area (Å²) in [7, 11) is 0. The summed E-state index contributed by atoms with van der Waals surface area (Å²) < 4.78 is 1.89. The van der Waals surface area contributed by atoms with Crippen molar-refractivity contribution in [2.24, 2.45) is 0 Å². The van der Waals surface area contributed by atoms with Crippen molar-refractivity contribution in [3.05, 3.63) is 82.2 Å². The van der Waals surface area contributed by atoms with Crippen LogP contribution in [-0.2, 0) is 0 Å². The topological polar surface area (TPSA) is 119 Å². The van der Waals surface area contributed by atoms with E-state index in [4.69, 9.17) is 0 Å². The van der Waals surface area contributed by atoms with Gasteiger partial charge in [0.15, 0.2) is 5.16 Å². The minimum Gasteiger partial charge on any atom is -0.295 e. The third-order valence-corrected chi connectivity index (χ3v) is 4.47. The predicted molar refractivity (Wildman–Crippen MR) is 103 cm³/mol. The molecule has 0 radical (unpaired) electrons. The van der Waals surface area contributed by atoms with Crippen molar-refractivity contribution in [1.82, 2.24) is 20.4 Å². The molecule has 2 amide bonds. The van der Waals surface area contributed by atoms with Crippen molar-refractivity contribution in [3.8, 4) is 5.69 Å². The lowest BCUT2D eigenvalue weighted by molar-refractivity contribution is -0.384. The van der Waals surface area contributed by atoms with Crippen molar-refractivity contribution < 1.29 is 14.5 Å². The highest BCUT2D eigenvalue weighted by Crippen LogP contribution is 2.18. The van der Waals surface area contributed by atoms with Gasteiger partial charge in [-0.15, -0.1) is 0 Å². The van der Waals surface area contributed by atoms with Crippen molar-refractivity contribution in [2.75, 3.05) is 6.26 Å². The molecule has 0 aliphatic carbocycles. The molecule has 0 bridgehead atoms. The van der Waals surface area contributed by atoms with Crippen LogP contribution in [0, 0.1) is 10.1 Å². The van der Waals surface area contributed by atoms with Crippen molar-refractivity contribution in [2.45, 2.75) is 5.16 Å². The number of hydrazine groups is 1. The first-order valence-electron chi connectivity index (χ1n) is 8.02. The number of imidazole rings is 1. The number of aromatic nitrogens is 2.